The van der Waals surface area contributed by atoms with Crippen LogP contribution >= 0.6 is 0 Å². The first-order chi connectivity index (χ1) is 14.5. The molecular weight excluding hydrogens is 396 g/mol. The second-order valence-electron chi connectivity index (χ2n) is 8.54. The van der Waals surface area contributed by atoms with Crippen molar-refractivity contribution in [2.75, 3.05) is 25.5 Å². The highest BCUT2D eigenvalue weighted by Crippen LogP contribution is 2.17. The predicted octanol–water partition coefficient (Wildman–Crippen LogP) is 2.43. The fraction of sp³-hybridized carbons (Fsp3) is 0.348. The third-order valence-electron chi connectivity index (χ3n) is 4.44. The molecule has 2 aromatic carbocycles. The van der Waals surface area contributed by atoms with Gasteiger partial charge in [0.2, 0.25) is 5.91 Å². The summed E-state index contributed by atoms with van der Waals surface area (Å²) in [7, 11) is 3.78. The second kappa shape index (κ2) is 10.1. The summed E-state index contributed by atoms with van der Waals surface area (Å²) in [6.45, 7) is 5.71. The van der Waals surface area contributed by atoms with E-state index in [1.54, 1.807) is 47.9 Å². The third-order valence-corrected chi connectivity index (χ3v) is 4.44. The number of carbonyl (C=O) groups excluding carboxylic acids is 3. The largest absolute Gasteiger partial charge is 0.378 e. The van der Waals surface area contributed by atoms with Gasteiger partial charge in [-0.3, -0.25) is 19.6 Å². The molecule has 0 atom stereocenters. The normalized spacial score (nSPS) is 10.9. The lowest BCUT2D eigenvalue weighted by Crippen LogP contribution is -2.47. The molecule has 8 heteroatoms. The number of benzene rings is 2. The standard InChI is InChI=1S/C23H30N4O4/c1-23(2,3)24-20(28)15-27(14-16-9-11-17(12-10-16)21(29)25-31)22(30)18-7-6-8-19(13-18)26(4)5/h6-13,31H,14-15H2,1-5H3,(H,24,28)(H,25,29). The summed E-state index contributed by atoms with van der Waals surface area (Å²) < 4.78 is 0. The van der Waals surface area contributed by atoms with Crippen LogP contribution in [0.4, 0.5) is 5.69 Å². The van der Waals surface area contributed by atoms with E-state index >= 15 is 0 Å². The highest BCUT2D eigenvalue weighted by molar-refractivity contribution is 5.97. The summed E-state index contributed by atoms with van der Waals surface area (Å²) in [5, 5.41) is 11.6. The van der Waals surface area contributed by atoms with E-state index in [-0.39, 0.29) is 30.5 Å². The number of hydroxylamine groups is 1. The minimum Gasteiger partial charge on any atom is -0.378 e. The molecule has 0 radical (unpaired) electrons. The van der Waals surface area contributed by atoms with E-state index in [0.717, 1.165) is 11.3 Å². The van der Waals surface area contributed by atoms with E-state index in [0.29, 0.717) is 5.56 Å². The first kappa shape index (κ1) is 23.9. The first-order valence-electron chi connectivity index (χ1n) is 9.91. The molecule has 31 heavy (non-hydrogen) atoms. The monoisotopic (exact) mass is 426 g/mol. The Morgan fingerprint density at radius 2 is 1.61 bits per heavy atom. The number of hydrogen-bond acceptors (Lipinski definition) is 5. The van der Waals surface area contributed by atoms with Crippen LogP contribution in [0.25, 0.3) is 0 Å². The average Bonchev–Trinajstić information content (AvgIpc) is 2.71. The molecule has 0 saturated carbocycles. The van der Waals surface area contributed by atoms with Crippen molar-refractivity contribution in [1.82, 2.24) is 15.7 Å². The number of amides is 3. The molecule has 3 N–H and O–H groups in total. The molecule has 8 nitrogen and oxygen atoms in total. The fourth-order valence-corrected chi connectivity index (χ4v) is 2.98. The van der Waals surface area contributed by atoms with Gasteiger partial charge in [-0.25, -0.2) is 5.48 Å². The number of carbonyl (C=O) groups is 3. The molecule has 0 aromatic heterocycles. The quantitative estimate of drug-likeness (QED) is 0.466. The summed E-state index contributed by atoms with van der Waals surface area (Å²) in [5.41, 5.74) is 3.55. The van der Waals surface area contributed by atoms with Gasteiger partial charge in [0, 0.05) is 43.0 Å². The van der Waals surface area contributed by atoms with Crippen molar-refractivity contribution in [3.05, 3.63) is 65.2 Å². The number of nitrogens with zero attached hydrogens (tertiary/aromatic N) is 2. The van der Waals surface area contributed by atoms with Gasteiger partial charge in [0.05, 0.1) is 0 Å². The van der Waals surface area contributed by atoms with E-state index in [9.17, 15) is 14.4 Å². The van der Waals surface area contributed by atoms with E-state index in [4.69, 9.17) is 5.21 Å². The Bertz CT molecular complexity index is 933. The molecule has 0 aliphatic heterocycles. The zero-order valence-electron chi connectivity index (χ0n) is 18.6. The molecule has 2 aromatic rings. The molecular formula is C23H30N4O4. The minimum absolute atomic E-state index is 0.110. The molecule has 0 unspecified atom stereocenters. The number of hydrogen-bond donors (Lipinski definition) is 3. The Balaban J connectivity index is 2.29. The van der Waals surface area contributed by atoms with Crippen LogP contribution in [0.5, 0.6) is 0 Å². The Kier molecular flexibility index (Phi) is 7.77. The molecule has 0 saturated heterocycles. The van der Waals surface area contributed by atoms with Gasteiger partial charge in [-0.1, -0.05) is 18.2 Å². The number of anilines is 1. The van der Waals surface area contributed by atoms with Crippen LogP contribution in [0.15, 0.2) is 48.5 Å². The van der Waals surface area contributed by atoms with Crippen LogP contribution in [-0.4, -0.2) is 54.0 Å². The summed E-state index contributed by atoms with van der Waals surface area (Å²) in [6, 6.07) is 13.7. The van der Waals surface area contributed by atoms with Crippen LogP contribution in [0.1, 0.15) is 47.1 Å². The molecule has 3 amide bonds. The maximum Gasteiger partial charge on any atom is 0.274 e. The Morgan fingerprint density at radius 1 is 0.968 bits per heavy atom. The van der Waals surface area contributed by atoms with Crippen molar-refractivity contribution in [3.63, 3.8) is 0 Å². The van der Waals surface area contributed by atoms with Gasteiger partial charge >= 0.3 is 0 Å². The van der Waals surface area contributed by atoms with Crippen LogP contribution in [-0.2, 0) is 11.3 Å². The lowest BCUT2D eigenvalue weighted by molar-refractivity contribution is -0.123. The van der Waals surface area contributed by atoms with Crippen LogP contribution in [0.3, 0.4) is 0 Å². The van der Waals surface area contributed by atoms with Gasteiger partial charge in [0.15, 0.2) is 0 Å². The predicted molar refractivity (Wildman–Crippen MR) is 119 cm³/mol. The molecule has 0 aliphatic rings. The molecule has 0 fully saturated rings. The van der Waals surface area contributed by atoms with E-state index in [1.807, 2.05) is 45.8 Å². The van der Waals surface area contributed by atoms with Gasteiger partial charge < -0.3 is 15.1 Å². The number of rotatable bonds is 7. The van der Waals surface area contributed by atoms with E-state index < -0.39 is 11.4 Å². The van der Waals surface area contributed by atoms with Gasteiger partial charge in [-0.15, -0.1) is 0 Å². The summed E-state index contributed by atoms with van der Waals surface area (Å²) >= 11 is 0. The summed E-state index contributed by atoms with van der Waals surface area (Å²) in [6.07, 6.45) is 0. The van der Waals surface area contributed by atoms with Crippen molar-refractivity contribution in [2.24, 2.45) is 0 Å². The van der Waals surface area contributed by atoms with Crippen molar-refractivity contribution in [2.45, 2.75) is 32.9 Å². The molecule has 0 aliphatic carbocycles. The highest BCUT2D eigenvalue weighted by atomic mass is 16.5. The van der Waals surface area contributed by atoms with Crippen molar-refractivity contribution in [1.29, 1.82) is 0 Å². The zero-order valence-corrected chi connectivity index (χ0v) is 18.6. The maximum absolute atomic E-state index is 13.3. The Morgan fingerprint density at radius 3 is 2.16 bits per heavy atom. The first-order valence-corrected chi connectivity index (χ1v) is 9.91. The van der Waals surface area contributed by atoms with Crippen molar-refractivity contribution >= 4 is 23.4 Å². The minimum atomic E-state index is -0.621. The zero-order chi connectivity index (χ0) is 23.2. The van der Waals surface area contributed by atoms with Gasteiger partial charge in [0.25, 0.3) is 11.8 Å². The lowest BCUT2D eigenvalue weighted by atomic mass is 10.1. The second-order valence-corrected chi connectivity index (χ2v) is 8.54. The molecule has 0 heterocycles. The maximum atomic E-state index is 13.3. The van der Waals surface area contributed by atoms with Crippen molar-refractivity contribution < 1.29 is 19.6 Å². The third kappa shape index (κ3) is 7.11. The fourth-order valence-electron chi connectivity index (χ4n) is 2.98. The smallest absolute Gasteiger partial charge is 0.274 e. The summed E-state index contributed by atoms with van der Waals surface area (Å²) in [5.74, 6) is -1.16. The van der Waals surface area contributed by atoms with Gasteiger partial charge in [-0.05, 0) is 56.7 Å². The van der Waals surface area contributed by atoms with Gasteiger partial charge in [0.1, 0.15) is 6.54 Å². The molecule has 0 bridgehead atoms. The SMILES string of the molecule is CN(C)c1cccc(C(=O)N(CC(=O)NC(C)(C)C)Cc2ccc(C(=O)NO)cc2)c1. The van der Waals surface area contributed by atoms with Crippen LogP contribution < -0.4 is 15.7 Å². The Labute approximate surface area is 182 Å². The Hall–Kier alpha value is -3.39. The topological polar surface area (TPSA) is 102 Å². The summed E-state index contributed by atoms with van der Waals surface area (Å²) in [4.78, 5) is 40.7. The van der Waals surface area contributed by atoms with Crippen LogP contribution in [0, 0.1) is 0 Å². The highest BCUT2D eigenvalue weighted by Gasteiger charge is 2.22. The average molecular weight is 427 g/mol. The lowest BCUT2D eigenvalue weighted by Gasteiger charge is -2.26. The van der Waals surface area contributed by atoms with E-state index in [1.165, 1.54) is 4.90 Å². The van der Waals surface area contributed by atoms with Crippen LogP contribution in [0.2, 0.25) is 0 Å². The molecule has 2 rings (SSSR count). The number of nitrogens with one attached hydrogen (secondary N) is 2. The molecule has 0 spiro atoms. The van der Waals surface area contributed by atoms with E-state index in [2.05, 4.69) is 5.32 Å². The van der Waals surface area contributed by atoms with Gasteiger partial charge in [-0.2, -0.15) is 0 Å². The van der Waals surface area contributed by atoms with Crippen molar-refractivity contribution in [3.8, 4) is 0 Å². The molecule has 166 valence electrons.